The van der Waals surface area contributed by atoms with E-state index in [4.69, 9.17) is 9.84 Å². The summed E-state index contributed by atoms with van der Waals surface area (Å²) in [4.78, 5) is 4.80. The molecule has 19 heavy (non-hydrogen) atoms. The van der Waals surface area contributed by atoms with Crippen LogP contribution in [0.25, 0.3) is 0 Å². The molecule has 0 spiro atoms. The number of anilines is 1. The van der Waals surface area contributed by atoms with E-state index in [9.17, 15) is 0 Å². The molecule has 0 atom stereocenters. The SMILES string of the molecule is CCOc1ccccc1N1CCN(CCCO)CC1. The van der Waals surface area contributed by atoms with E-state index in [-0.39, 0.29) is 6.61 Å². The fraction of sp³-hybridized carbons (Fsp3) is 0.600. The van der Waals surface area contributed by atoms with Crippen LogP contribution in [0.3, 0.4) is 0 Å². The van der Waals surface area contributed by atoms with Crippen LogP contribution < -0.4 is 9.64 Å². The number of para-hydroxylation sites is 2. The topological polar surface area (TPSA) is 35.9 Å². The number of piperazine rings is 1. The van der Waals surface area contributed by atoms with Gasteiger partial charge in [0.25, 0.3) is 0 Å². The lowest BCUT2D eigenvalue weighted by Crippen LogP contribution is -2.46. The number of aliphatic hydroxyl groups excluding tert-OH is 1. The number of nitrogens with zero attached hydrogens (tertiary/aromatic N) is 2. The van der Waals surface area contributed by atoms with Crippen LogP contribution in [-0.4, -0.2) is 55.9 Å². The van der Waals surface area contributed by atoms with Gasteiger partial charge >= 0.3 is 0 Å². The van der Waals surface area contributed by atoms with Crippen molar-refractivity contribution < 1.29 is 9.84 Å². The van der Waals surface area contributed by atoms with Gasteiger partial charge < -0.3 is 14.7 Å². The first-order valence-electron chi connectivity index (χ1n) is 7.15. The zero-order valence-electron chi connectivity index (χ0n) is 11.7. The standard InChI is InChI=1S/C15H24N2O2/c1-2-19-15-7-4-3-6-14(15)17-11-9-16(10-12-17)8-5-13-18/h3-4,6-7,18H,2,5,8-13H2,1H3. The Balaban J connectivity index is 1.93. The summed E-state index contributed by atoms with van der Waals surface area (Å²) in [5, 5.41) is 8.87. The smallest absolute Gasteiger partial charge is 0.142 e. The van der Waals surface area contributed by atoms with E-state index < -0.39 is 0 Å². The number of hydrogen-bond donors (Lipinski definition) is 1. The van der Waals surface area contributed by atoms with Gasteiger partial charge in [-0.1, -0.05) is 12.1 Å². The minimum atomic E-state index is 0.285. The third-order valence-electron chi connectivity index (χ3n) is 3.51. The fourth-order valence-electron chi connectivity index (χ4n) is 2.50. The third-order valence-corrected chi connectivity index (χ3v) is 3.51. The molecule has 1 fully saturated rings. The van der Waals surface area contributed by atoms with Crippen LogP contribution in [0.2, 0.25) is 0 Å². The maximum absolute atomic E-state index is 8.87. The monoisotopic (exact) mass is 264 g/mol. The maximum atomic E-state index is 8.87. The molecule has 1 N–H and O–H groups in total. The van der Waals surface area contributed by atoms with Gasteiger partial charge in [0.15, 0.2) is 0 Å². The minimum Gasteiger partial charge on any atom is -0.492 e. The molecule has 1 aliphatic rings. The number of benzene rings is 1. The first kappa shape index (κ1) is 14.2. The molecule has 1 saturated heterocycles. The lowest BCUT2D eigenvalue weighted by atomic mass is 10.2. The first-order valence-corrected chi connectivity index (χ1v) is 7.15. The first-order chi connectivity index (χ1) is 9.35. The lowest BCUT2D eigenvalue weighted by molar-refractivity contribution is 0.215. The van der Waals surface area contributed by atoms with Crippen molar-refractivity contribution >= 4 is 5.69 Å². The molecule has 0 aliphatic carbocycles. The fourth-order valence-corrected chi connectivity index (χ4v) is 2.50. The highest BCUT2D eigenvalue weighted by atomic mass is 16.5. The largest absolute Gasteiger partial charge is 0.492 e. The van der Waals surface area contributed by atoms with Crippen molar-refractivity contribution in [2.75, 3.05) is 50.8 Å². The van der Waals surface area contributed by atoms with Crippen molar-refractivity contribution in [1.29, 1.82) is 0 Å². The molecule has 0 saturated carbocycles. The Morgan fingerprint density at radius 2 is 1.89 bits per heavy atom. The summed E-state index contributed by atoms with van der Waals surface area (Å²) in [5.74, 6) is 0.980. The van der Waals surface area contributed by atoms with Gasteiger partial charge in [-0.05, 0) is 25.5 Å². The van der Waals surface area contributed by atoms with Crippen LogP contribution in [0.1, 0.15) is 13.3 Å². The molecular formula is C15H24N2O2. The number of ether oxygens (including phenoxy) is 1. The van der Waals surface area contributed by atoms with Gasteiger partial charge in [-0.15, -0.1) is 0 Å². The number of rotatable bonds is 6. The van der Waals surface area contributed by atoms with Crippen LogP contribution in [-0.2, 0) is 0 Å². The lowest BCUT2D eigenvalue weighted by Gasteiger charge is -2.36. The Labute approximate surface area is 115 Å². The zero-order chi connectivity index (χ0) is 13.5. The summed E-state index contributed by atoms with van der Waals surface area (Å²) in [7, 11) is 0. The van der Waals surface area contributed by atoms with Crippen LogP contribution in [0.4, 0.5) is 5.69 Å². The molecule has 106 valence electrons. The van der Waals surface area contributed by atoms with Crippen molar-refractivity contribution in [3.63, 3.8) is 0 Å². The van der Waals surface area contributed by atoms with E-state index in [0.717, 1.165) is 44.9 Å². The number of hydrogen-bond acceptors (Lipinski definition) is 4. The Hall–Kier alpha value is -1.26. The minimum absolute atomic E-state index is 0.285. The van der Waals surface area contributed by atoms with Gasteiger partial charge in [-0.3, -0.25) is 4.90 Å². The van der Waals surface area contributed by atoms with Gasteiger partial charge in [0.1, 0.15) is 5.75 Å². The van der Waals surface area contributed by atoms with Gasteiger partial charge in [0, 0.05) is 39.3 Å². The van der Waals surface area contributed by atoms with Crippen molar-refractivity contribution in [2.45, 2.75) is 13.3 Å². The molecule has 1 aliphatic heterocycles. The van der Waals surface area contributed by atoms with Gasteiger partial charge in [0.05, 0.1) is 12.3 Å². The number of aliphatic hydroxyl groups is 1. The molecule has 0 bridgehead atoms. The summed E-state index contributed by atoms with van der Waals surface area (Å²) < 4.78 is 5.69. The maximum Gasteiger partial charge on any atom is 0.142 e. The summed E-state index contributed by atoms with van der Waals surface area (Å²) in [6.45, 7) is 8.16. The van der Waals surface area contributed by atoms with Crippen molar-refractivity contribution in [3.05, 3.63) is 24.3 Å². The molecule has 2 rings (SSSR count). The summed E-state index contributed by atoms with van der Waals surface area (Å²) in [6, 6.07) is 8.26. The summed E-state index contributed by atoms with van der Waals surface area (Å²) >= 11 is 0. The molecule has 4 nitrogen and oxygen atoms in total. The molecule has 0 radical (unpaired) electrons. The molecule has 0 aromatic heterocycles. The Morgan fingerprint density at radius 1 is 1.16 bits per heavy atom. The molecule has 1 aromatic carbocycles. The normalized spacial score (nSPS) is 16.6. The van der Waals surface area contributed by atoms with Crippen LogP contribution in [0.5, 0.6) is 5.75 Å². The van der Waals surface area contributed by atoms with E-state index in [1.54, 1.807) is 0 Å². The quantitative estimate of drug-likeness (QED) is 0.846. The zero-order valence-corrected chi connectivity index (χ0v) is 11.7. The van der Waals surface area contributed by atoms with Crippen molar-refractivity contribution in [1.82, 2.24) is 4.90 Å². The highest BCUT2D eigenvalue weighted by Crippen LogP contribution is 2.28. The van der Waals surface area contributed by atoms with E-state index >= 15 is 0 Å². The summed E-state index contributed by atoms with van der Waals surface area (Å²) in [5.41, 5.74) is 1.20. The van der Waals surface area contributed by atoms with Gasteiger partial charge in [0.2, 0.25) is 0 Å². The Morgan fingerprint density at radius 3 is 2.58 bits per heavy atom. The Kier molecular flexibility index (Phi) is 5.48. The van der Waals surface area contributed by atoms with E-state index in [0.29, 0.717) is 6.61 Å². The van der Waals surface area contributed by atoms with E-state index in [1.165, 1.54) is 5.69 Å². The Bertz CT molecular complexity index is 376. The highest BCUT2D eigenvalue weighted by Gasteiger charge is 2.18. The molecule has 1 aromatic rings. The third kappa shape index (κ3) is 3.85. The average molecular weight is 264 g/mol. The van der Waals surface area contributed by atoms with E-state index in [1.807, 2.05) is 19.1 Å². The van der Waals surface area contributed by atoms with Crippen molar-refractivity contribution in [3.8, 4) is 5.75 Å². The molecule has 4 heteroatoms. The average Bonchev–Trinajstić information content (AvgIpc) is 2.47. The van der Waals surface area contributed by atoms with Gasteiger partial charge in [-0.2, -0.15) is 0 Å². The molecule has 0 unspecified atom stereocenters. The highest BCUT2D eigenvalue weighted by molar-refractivity contribution is 5.58. The van der Waals surface area contributed by atoms with Crippen molar-refractivity contribution in [2.24, 2.45) is 0 Å². The predicted octanol–water partition coefficient (Wildman–Crippen LogP) is 1.59. The second-order valence-electron chi connectivity index (χ2n) is 4.81. The van der Waals surface area contributed by atoms with Gasteiger partial charge in [-0.25, -0.2) is 0 Å². The molecule has 1 heterocycles. The van der Waals surface area contributed by atoms with Crippen LogP contribution >= 0.6 is 0 Å². The van der Waals surface area contributed by atoms with Crippen LogP contribution in [0.15, 0.2) is 24.3 Å². The molecular weight excluding hydrogens is 240 g/mol. The second-order valence-corrected chi connectivity index (χ2v) is 4.81. The second kappa shape index (κ2) is 7.36. The summed E-state index contributed by atoms with van der Waals surface area (Å²) in [6.07, 6.45) is 0.871. The van der Waals surface area contributed by atoms with Crippen LogP contribution in [0, 0.1) is 0 Å². The molecule has 0 amide bonds. The predicted molar refractivity (Wildman–Crippen MR) is 78.0 cm³/mol. The van der Waals surface area contributed by atoms with E-state index in [2.05, 4.69) is 21.9 Å².